The number of aliphatic imine (C=N–C) groups is 1. The van der Waals surface area contributed by atoms with Crippen LogP contribution in [0.25, 0.3) is 0 Å². The number of benzene rings is 1. The van der Waals surface area contributed by atoms with E-state index in [0.29, 0.717) is 34.2 Å². The van der Waals surface area contributed by atoms with Gasteiger partial charge in [0.2, 0.25) is 5.96 Å². The first-order chi connectivity index (χ1) is 11.6. The van der Waals surface area contributed by atoms with Gasteiger partial charge in [0.25, 0.3) is 0 Å². The molecule has 7 heteroatoms. The molecule has 0 aliphatic heterocycles. The van der Waals surface area contributed by atoms with E-state index in [4.69, 9.17) is 23.2 Å². The molecule has 1 aromatic rings. The number of amides is 2. The van der Waals surface area contributed by atoms with E-state index in [-0.39, 0.29) is 6.03 Å². The number of halogens is 2. The van der Waals surface area contributed by atoms with E-state index in [0.717, 1.165) is 0 Å². The summed E-state index contributed by atoms with van der Waals surface area (Å²) in [5.41, 5.74) is 0.539. The quantitative estimate of drug-likeness (QED) is 0.411. The number of urea groups is 1. The fourth-order valence-electron chi connectivity index (χ4n) is 2.78. The van der Waals surface area contributed by atoms with E-state index in [2.05, 4.69) is 20.9 Å². The molecule has 2 amide bonds. The van der Waals surface area contributed by atoms with Gasteiger partial charge in [0.15, 0.2) is 0 Å². The van der Waals surface area contributed by atoms with Gasteiger partial charge < -0.3 is 10.6 Å². The SMILES string of the molecule is CNC(=O)NC(=NCC1CCCCCC1)Nc1c(Cl)cccc1Cl. The molecule has 1 aromatic carbocycles. The number of carbonyl (C=O) groups excluding carboxylic acids is 1. The van der Waals surface area contributed by atoms with Crippen molar-refractivity contribution in [2.45, 2.75) is 38.5 Å². The Hall–Kier alpha value is -1.46. The van der Waals surface area contributed by atoms with E-state index < -0.39 is 0 Å². The predicted molar refractivity (Wildman–Crippen MR) is 101 cm³/mol. The molecule has 0 heterocycles. The predicted octanol–water partition coefficient (Wildman–Crippen LogP) is 4.66. The lowest BCUT2D eigenvalue weighted by Crippen LogP contribution is -2.41. The molecule has 1 aliphatic rings. The second-order valence-electron chi connectivity index (χ2n) is 5.97. The van der Waals surface area contributed by atoms with Crippen molar-refractivity contribution in [2.75, 3.05) is 18.9 Å². The Morgan fingerprint density at radius 3 is 2.38 bits per heavy atom. The minimum atomic E-state index is -0.342. The van der Waals surface area contributed by atoms with Crippen molar-refractivity contribution in [3.05, 3.63) is 28.2 Å². The zero-order chi connectivity index (χ0) is 17.4. The van der Waals surface area contributed by atoms with E-state index in [1.807, 2.05) is 0 Å². The molecule has 1 aliphatic carbocycles. The Morgan fingerprint density at radius 1 is 1.17 bits per heavy atom. The van der Waals surface area contributed by atoms with Crippen molar-refractivity contribution in [3.8, 4) is 0 Å². The maximum Gasteiger partial charge on any atom is 0.321 e. The molecule has 0 spiro atoms. The Kier molecular flexibility index (Phi) is 7.66. The van der Waals surface area contributed by atoms with E-state index >= 15 is 0 Å². The summed E-state index contributed by atoms with van der Waals surface area (Å²) in [4.78, 5) is 16.3. The lowest BCUT2D eigenvalue weighted by molar-refractivity contribution is 0.247. The number of hydrogen-bond donors (Lipinski definition) is 3. The first kappa shape index (κ1) is 18.9. The lowest BCUT2D eigenvalue weighted by atomic mass is 10.0. The average molecular weight is 371 g/mol. The number of guanidine groups is 1. The fourth-order valence-corrected chi connectivity index (χ4v) is 3.27. The van der Waals surface area contributed by atoms with Crippen LogP contribution in [0.5, 0.6) is 0 Å². The van der Waals surface area contributed by atoms with Crippen LogP contribution in [-0.4, -0.2) is 25.6 Å². The van der Waals surface area contributed by atoms with Crippen LogP contribution in [0.4, 0.5) is 10.5 Å². The lowest BCUT2D eigenvalue weighted by Gasteiger charge is -2.16. The highest BCUT2D eigenvalue weighted by molar-refractivity contribution is 6.39. The minimum absolute atomic E-state index is 0.342. The van der Waals surface area contributed by atoms with Crippen LogP contribution in [0, 0.1) is 5.92 Å². The largest absolute Gasteiger partial charge is 0.341 e. The van der Waals surface area contributed by atoms with Crippen LogP contribution in [0.15, 0.2) is 23.2 Å². The maximum atomic E-state index is 11.7. The summed E-state index contributed by atoms with van der Waals surface area (Å²) >= 11 is 12.4. The Balaban J connectivity index is 2.11. The first-order valence-corrected chi connectivity index (χ1v) is 9.10. The smallest absolute Gasteiger partial charge is 0.321 e. The number of nitrogens with zero attached hydrogens (tertiary/aromatic N) is 1. The number of rotatable bonds is 3. The minimum Gasteiger partial charge on any atom is -0.341 e. The Labute approximate surface area is 153 Å². The Morgan fingerprint density at radius 2 is 1.79 bits per heavy atom. The summed E-state index contributed by atoms with van der Waals surface area (Å²) in [5, 5.41) is 9.22. The molecular formula is C17H24Cl2N4O. The molecule has 5 nitrogen and oxygen atoms in total. The van der Waals surface area contributed by atoms with Crippen molar-refractivity contribution in [1.29, 1.82) is 0 Å². The highest BCUT2D eigenvalue weighted by Gasteiger charge is 2.14. The first-order valence-electron chi connectivity index (χ1n) is 8.34. The van der Waals surface area contributed by atoms with Crippen molar-refractivity contribution in [2.24, 2.45) is 10.9 Å². The molecule has 0 aromatic heterocycles. The number of anilines is 1. The van der Waals surface area contributed by atoms with Gasteiger partial charge in [0.05, 0.1) is 15.7 Å². The van der Waals surface area contributed by atoms with Crippen LogP contribution < -0.4 is 16.0 Å². The molecule has 0 atom stereocenters. The van der Waals surface area contributed by atoms with Crippen LogP contribution in [0.1, 0.15) is 38.5 Å². The number of hydrogen-bond acceptors (Lipinski definition) is 2. The van der Waals surface area contributed by atoms with Crippen molar-refractivity contribution < 1.29 is 4.79 Å². The van der Waals surface area contributed by atoms with Gasteiger partial charge in [-0.05, 0) is 30.9 Å². The van der Waals surface area contributed by atoms with E-state index in [9.17, 15) is 4.79 Å². The van der Waals surface area contributed by atoms with Gasteiger partial charge in [0.1, 0.15) is 0 Å². The third kappa shape index (κ3) is 5.87. The molecule has 0 unspecified atom stereocenters. The molecule has 1 saturated carbocycles. The second kappa shape index (κ2) is 9.74. The highest BCUT2D eigenvalue weighted by atomic mass is 35.5. The molecule has 2 rings (SSSR count). The van der Waals surface area contributed by atoms with Crippen LogP contribution in [0.2, 0.25) is 10.0 Å². The summed E-state index contributed by atoms with van der Waals surface area (Å²) in [5.74, 6) is 0.908. The van der Waals surface area contributed by atoms with Crippen LogP contribution >= 0.6 is 23.2 Å². The molecule has 0 bridgehead atoms. The number of nitrogens with one attached hydrogen (secondary N) is 3. The van der Waals surface area contributed by atoms with Crippen molar-refractivity contribution in [1.82, 2.24) is 10.6 Å². The van der Waals surface area contributed by atoms with Gasteiger partial charge in [-0.3, -0.25) is 10.3 Å². The summed E-state index contributed by atoms with van der Waals surface area (Å²) in [6.07, 6.45) is 7.48. The van der Waals surface area contributed by atoms with Gasteiger partial charge in [-0.2, -0.15) is 0 Å². The molecule has 1 fully saturated rings. The highest BCUT2D eigenvalue weighted by Crippen LogP contribution is 2.29. The van der Waals surface area contributed by atoms with Gasteiger partial charge in [-0.1, -0.05) is 55.0 Å². The summed E-state index contributed by atoms with van der Waals surface area (Å²) in [6.45, 7) is 0.675. The number of carbonyl (C=O) groups is 1. The molecule has 24 heavy (non-hydrogen) atoms. The standard InChI is InChI=1S/C17H24Cl2N4O/c1-20-17(24)23-16(21-11-12-7-4-2-3-5-8-12)22-15-13(18)9-6-10-14(15)19/h6,9-10,12H,2-5,7-8,11H2,1H3,(H3,20,21,22,23,24). The third-order valence-corrected chi connectivity index (χ3v) is 4.78. The summed E-state index contributed by atoms with van der Waals surface area (Å²) in [7, 11) is 1.56. The maximum absolute atomic E-state index is 11.7. The van der Waals surface area contributed by atoms with Gasteiger partial charge in [-0.25, -0.2) is 4.79 Å². The molecule has 0 radical (unpaired) electrons. The number of para-hydroxylation sites is 1. The average Bonchev–Trinajstić information content (AvgIpc) is 2.84. The van der Waals surface area contributed by atoms with Gasteiger partial charge in [0, 0.05) is 13.6 Å². The monoisotopic (exact) mass is 370 g/mol. The van der Waals surface area contributed by atoms with Crippen LogP contribution in [-0.2, 0) is 0 Å². The molecule has 3 N–H and O–H groups in total. The second-order valence-corrected chi connectivity index (χ2v) is 6.79. The van der Waals surface area contributed by atoms with Crippen molar-refractivity contribution in [3.63, 3.8) is 0 Å². The Bertz CT molecular complexity index is 564. The van der Waals surface area contributed by atoms with Gasteiger partial charge in [-0.15, -0.1) is 0 Å². The van der Waals surface area contributed by atoms with Crippen molar-refractivity contribution >= 4 is 40.9 Å². The summed E-state index contributed by atoms with van der Waals surface area (Å²) in [6, 6.07) is 4.90. The van der Waals surface area contributed by atoms with Crippen LogP contribution in [0.3, 0.4) is 0 Å². The zero-order valence-corrected chi connectivity index (χ0v) is 15.4. The fraction of sp³-hybridized carbons (Fsp3) is 0.529. The van der Waals surface area contributed by atoms with Gasteiger partial charge >= 0.3 is 6.03 Å². The molecule has 132 valence electrons. The summed E-state index contributed by atoms with van der Waals surface area (Å²) < 4.78 is 0. The zero-order valence-electron chi connectivity index (χ0n) is 13.9. The van der Waals surface area contributed by atoms with E-state index in [1.54, 1.807) is 25.2 Å². The molecule has 0 saturated heterocycles. The van der Waals surface area contributed by atoms with E-state index in [1.165, 1.54) is 38.5 Å². The third-order valence-electron chi connectivity index (χ3n) is 4.15. The normalized spacial score (nSPS) is 16.4. The molecular weight excluding hydrogens is 347 g/mol. The topological polar surface area (TPSA) is 65.5 Å².